The molecule has 0 aliphatic rings. The van der Waals surface area contributed by atoms with Crippen molar-refractivity contribution < 1.29 is 19.0 Å². The van der Waals surface area contributed by atoms with Gasteiger partial charge in [0.05, 0.1) is 37.8 Å². The molecule has 0 atom stereocenters. The number of rotatable bonds is 7. The van der Waals surface area contributed by atoms with Crippen LogP contribution in [0, 0.1) is 0 Å². The van der Waals surface area contributed by atoms with Crippen molar-refractivity contribution in [3.05, 3.63) is 52.7 Å². The smallest absolute Gasteiger partial charge is 0.253 e. The normalized spacial score (nSPS) is 10.7. The lowest BCUT2D eigenvalue weighted by Crippen LogP contribution is -2.25. The third-order valence-electron chi connectivity index (χ3n) is 4.33. The first-order valence-electron chi connectivity index (χ1n) is 8.41. The first-order valence-corrected chi connectivity index (χ1v) is 8.79. The van der Waals surface area contributed by atoms with Gasteiger partial charge in [-0.15, -0.1) is 0 Å². The maximum atomic E-state index is 12.7. The molecule has 0 fully saturated rings. The van der Waals surface area contributed by atoms with Crippen LogP contribution >= 0.6 is 11.6 Å². The van der Waals surface area contributed by atoms with Gasteiger partial charge in [-0.05, 0) is 24.1 Å². The number of fused-ring (bicyclic) bond motifs is 1. The number of aromatic amines is 1. The lowest BCUT2D eigenvalue weighted by Gasteiger charge is -2.14. The summed E-state index contributed by atoms with van der Waals surface area (Å²) in [5.74, 6) is 1.23. The molecule has 6 nitrogen and oxygen atoms in total. The van der Waals surface area contributed by atoms with Crippen LogP contribution in [0.25, 0.3) is 10.9 Å². The average molecular weight is 389 g/mol. The second kappa shape index (κ2) is 8.22. The summed E-state index contributed by atoms with van der Waals surface area (Å²) in [4.78, 5) is 15.8. The molecule has 27 heavy (non-hydrogen) atoms. The highest BCUT2D eigenvalue weighted by Gasteiger charge is 2.22. The highest BCUT2D eigenvalue weighted by Crippen LogP contribution is 2.44. The van der Waals surface area contributed by atoms with Crippen LogP contribution in [0.3, 0.4) is 0 Å². The summed E-state index contributed by atoms with van der Waals surface area (Å²) in [5, 5.41) is 4.28. The molecule has 0 bridgehead atoms. The van der Waals surface area contributed by atoms with Crippen LogP contribution in [0.2, 0.25) is 5.02 Å². The summed E-state index contributed by atoms with van der Waals surface area (Å²) in [6, 6.07) is 9.34. The van der Waals surface area contributed by atoms with E-state index < -0.39 is 0 Å². The maximum Gasteiger partial charge on any atom is 0.253 e. The number of hydrogen-bond donors (Lipinski definition) is 2. The van der Waals surface area contributed by atoms with Crippen LogP contribution in [0.15, 0.2) is 36.5 Å². The van der Waals surface area contributed by atoms with Crippen molar-refractivity contribution in [3.8, 4) is 17.2 Å². The number of nitrogens with one attached hydrogen (secondary N) is 2. The summed E-state index contributed by atoms with van der Waals surface area (Å²) in [6.07, 6.45) is 2.36. The Hall–Kier alpha value is -2.86. The molecule has 0 spiro atoms. The number of carbonyl (C=O) groups is 1. The van der Waals surface area contributed by atoms with Gasteiger partial charge >= 0.3 is 0 Å². The van der Waals surface area contributed by atoms with Crippen molar-refractivity contribution in [2.24, 2.45) is 0 Å². The van der Waals surface area contributed by atoms with E-state index in [1.165, 1.54) is 14.2 Å². The van der Waals surface area contributed by atoms with Gasteiger partial charge in [-0.25, -0.2) is 0 Å². The summed E-state index contributed by atoms with van der Waals surface area (Å²) in [5.41, 5.74) is 2.31. The van der Waals surface area contributed by atoms with Crippen LogP contribution < -0.4 is 19.5 Å². The number of halogens is 1. The number of H-pyrrole nitrogens is 1. The molecule has 0 saturated carbocycles. The van der Waals surface area contributed by atoms with E-state index in [2.05, 4.69) is 10.3 Å². The maximum absolute atomic E-state index is 12.7. The van der Waals surface area contributed by atoms with Crippen molar-refractivity contribution in [1.82, 2.24) is 10.3 Å². The lowest BCUT2D eigenvalue weighted by molar-refractivity contribution is 0.0955. The monoisotopic (exact) mass is 388 g/mol. The standard InChI is InChI=1S/C20H21ClN2O4/c1-25-16-10-15-17(19(27-3)18(16)26-2)14(11-23-15)20(24)22-9-8-12-4-6-13(21)7-5-12/h4-7,10-11,23H,8-9H2,1-3H3,(H,22,24). The number of benzene rings is 2. The minimum atomic E-state index is -0.194. The summed E-state index contributed by atoms with van der Waals surface area (Å²) in [6.45, 7) is 0.503. The molecule has 0 unspecified atom stereocenters. The van der Waals surface area contributed by atoms with E-state index in [0.29, 0.717) is 46.2 Å². The summed E-state index contributed by atoms with van der Waals surface area (Å²) in [7, 11) is 4.62. The molecule has 0 aliphatic heterocycles. The van der Waals surface area contributed by atoms with Gasteiger partial charge in [-0.1, -0.05) is 23.7 Å². The average Bonchev–Trinajstić information content (AvgIpc) is 3.11. The van der Waals surface area contributed by atoms with E-state index in [0.717, 1.165) is 11.1 Å². The largest absolute Gasteiger partial charge is 0.493 e. The van der Waals surface area contributed by atoms with E-state index in [1.54, 1.807) is 19.4 Å². The van der Waals surface area contributed by atoms with E-state index in [9.17, 15) is 4.79 Å². The molecular weight excluding hydrogens is 368 g/mol. The van der Waals surface area contributed by atoms with Crippen molar-refractivity contribution in [3.63, 3.8) is 0 Å². The van der Waals surface area contributed by atoms with E-state index in [1.807, 2.05) is 24.3 Å². The Morgan fingerprint density at radius 1 is 1.07 bits per heavy atom. The fourth-order valence-corrected chi connectivity index (χ4v) is 3.13. The number of carbonyl (C=O) groups excluding carboxylic acids is 1. The first-order chi connectivity index (χ1) is 13.1. The minimum Gasteiger partial charge on any atom is -0.493 e. The summed E-state index contributed by atoms with van der Waals surface area (Å²) < 4.78 is 16.3. The van der Waals surface area contributed by atoms with Crippen molar-refractivity contribution in [2.75, 3.05) is 27.9 Å². The highest BCUT2D eigenvalue weighted by molar-refractivity contribution is 6.30. The number of hydrogen-bond acceptors (Lipinski definition) is 4. The molecule has 0 saturated heterocycles. The molecule has 7 heteroatoms. The van der Waals surface area contributed by atoms with Gasteiger partial charge in [-0.2, -0.15) is 0 Å². The van der Waals surface area contributed by atoms with Crippen LogP contribution in [0.5, 0.6) is 17.2 Å². The number of ether oxygens (including phenoxy) is 3. The molecule has 3 rings (SSSR count). The fourth-order valence-electron chi connectivity index (χ4n) is 3.01. The zero-order valence-corrected chi connectivity index (χ0v) is 16.1. The third-order valence-corrected chi connectivity index (χ3v) is 4.58. The number of aromatic nitrogens is 1. The zero-order chi connectivity index (χ0) is 19.4. The number of amides is 1. The lowest BCUT2D eigenvalue weighted by atomic mass is 10.1. The van der Waals surface area contributed by atoms with Gasteiger partial charge in [-0.3, -0.25) is 4.79 Å². The minimum absolute atomic E-state index is 0.194. The molecule has 0 aliphatic carbocycles. The van der Waals surface area contributed by atoms with Gasteiger partial charge < -0.3 is 24.5 Å². The first kappa shape index (κ1) is 18.9. The molecule has 1 amide bonds. The van der Waals surface area contributed by atoms with Crippen molar-refractivity contribution in [1.29, 1.82) is 0 Å². The molecule has 2 aromatic carbocycles. The highest BCUT2D eigenvalue weighted by atomic mass is 35.5. The van der Waals surface area contributed by atoms with Crippen LogP contribution in [-0.4, -0.2) is 38.8 Å². The molecule has 1 aromatic heterocycles. The Morgan fingerprint density at radius 2 is 1.78 bits per heavy atom. The second-order valence-corrected chi connectivity index (χ2v) is 6.34. The van der Waals surface area contributed by atoms with Gasteiger partial charge in [0.25, 0.3) is 5.91 Å². The topological polar surface area (TPSA) is 72.6 Å². The molecule has 2 N–H and O–H groups in total. The van der Waals surface area contributed by atoms with Gasteiger partial charge in [0.1, 0.15) is 0 Å². The molecule has 142 valence electrons. The molecule has 0 radical (unpaired) electrons. The SMILES string of the molecule is COc1cc2[nH]cc(C(=O)NCCc3ccc(Cl)cc3)c2c(OC)c1OC. The van der Waals surface area contributed by atoms with E-state index in [-0.39, 0.29) is 5.91 Å². The van der Waals surface area contributed by atoms with E-state index in [4.69, 9.17) is 25.8 Å². The Bertz CT molecular complexity index is 951. The Labute approximate surface area is 162 Å². The molecular formula is C20H21ClN2O4. The number of methoxy groups -OCH3 is 3. The van der Waals surface area contributed by atoms with E-state index >= 15 is 0 Å². The Balaban J connectivity index is 1.83. The quantitative estimate of drug-likeness (QED) is 0.645. The second-order valence-electron chi connectivity index (χ2n) is 5.90. The molecule has 1 heterocycles. The van der Waals surface area contributed by atoms with Crippen LogP contribution in [0.1, 0.15) is 15.9 Å². The summed E-state index contributed by atoms with van der Waals surface area (Å²) >= 11 is 5.89. The zero-order valence-electron chi connectivity index (χ0n) is 15.4. The van der Waals surface area contributed by atoms with Gasteiger partial charge in [0.15, 0.2) is 11.5 Å². The predicted molar refractivity (Wildman–Crippen MR) is 105 cm³/mol. The fraction of sp³-hybridized carbons (Fsp3) is 0.250. The Morgan fingerprint density at radius 3 is 2.41 bits per heavy atom. The Kier molecular flexibility index (Phi) is 5.76. The predicted octanol–water partition coefficient (Wildman–Crippen LogP) is 3.82. The third kappa shape index (κ3) is 3.80. The molecule has 3 aromatic rings. The van der Waals surface area contributed by atoms with Gasteiger partial charge in [0.2, 0.25) is 5.75 Å². The van der Waals surface area contributed by atoms with Crippen molar-refractivity contribution in [2.45, 2.75) is 6.42 Å². The van der Waals surface area contributed by atoms with Crippen LogP contribution in [0.4, 0.5) is 0 Å². The van der Waals surface area contributed by atoms with Crippen molar-refractivity contribution >= 4 is 28.4 Å². The van der Waals surface area contributed by atoms with Gasteiger partial charge in [0, 0.05) is 23.8 Å². The van der Waals surface area contributed by atoms with Crippen LogP contribution in [-0.2, 0) is 6.42 Å².